The zero-order chi connectivity index (χ0) is 21.8. The Hall–Kier alpha value is -3.62. The number of nitrogens with one attached hydrogen (secondary N) is 2. The molecule has 1 heterocycles. The van der Waals surface area contributed by atoms with Gasteiger partial charge in [-0.15, -0.1) is 0 Å². The first-order valence-electron chi connectivity index (χ1n) is 9.54. The molecule has 1 aliphatic rings. The van der Waals surface area contributed by atoms with Gasteiger partial charge in [-0.2, -0.15) is 0 Å². The third-order valence-electron chi connectivity index (χ3n) is 4.51. The van der Waals surface area contributed by atoms with E-state index in [2.05, 4.69) is 10.6 Å². The minimum Gasteiger partial charge on any atom is -0.486 e. The Morgan fingerprint density at radius 3 is 2.37 bits per heavy atom. The summed E-state index contributed by atoms with van der Waals surface area (Å²) in [5.41, 5.74) is 1.06. The number of rotatable bonds is 6. The van der Waals surface area contributed by atoms with Gasteiger partial charge in [0.1, 0.15) is 18.8 Å². The van der Waals surface area contributed by atoms with Crippen LogP contribution in [0.4, 0.5) is 11.4 Å². The van der Waals surface area contributed by atoms with E-state index >= 15 is 0 Å². The van der Waals surface area contributed by atoms with Crippen LogP contribution in [0.5, 0.6) is 11.5 Å². The summed E-state index contributed by atoms with van der Waals surface area (Å²) >= 11 is 0. The third-order valence-corrected chi connectivity index (χ3v) is 4.51. The number of aryl methyl sites for hydroxylation is 1. The number of carbonyl (C=O) groups is 2. The predicted octanol–water partition coefficient (Wildman–Crippen LogP) is 3.31. The van der Waals surface area contributed by atoms with Crippen molar-refractivity contribution < 1.29 is 24.0 Å². The van der Waals surface area contributed by atoms with E-state index in [9.17, 15) is 19.7 Å². The molecular weight excluding hydrogens is 390 g/mol. The second-order valence-electron chi connectivity index (χ2n) is 7.36. The standard InChI is InChI=1S/C21H23N3O6/c1-12(2)11-22-20(25)14-4-5-16(13(3)8-14)23-21(26)15-9-18-19(30-7-6-29-18)10-17(15)24(27)28/h4-5,8-10,12H,6-7,11H2,1-3H3,(H,22,25)(H,23,26). The minimum absolute atomic E-state index is 0.137. The first-order chi connectivity index (χ1) is 14.3. The molecule has 2 N–H and O–H groups in total. The van der Waals surface area contributed by atoms with Gasteiger partial charge in [-0.05, 0) is 36.6 Å². The van der Waals surface area contributed by atoms with Crippen LogP contribution in [0, 0.1) is 23.0 Å². The summed E-state index contributed by atoms with van der Waals surface area (Å²) < 4.78 is 10.8. The third kappa shape index (κ3) is 4.68. The van der Waals surface area contributed by atoms with Crippen LogP contribution < -0.4 is 20.1 Å². The molecule has 2 aromatic carbocycles. The molecule has 0 saturated heterocycles. The van der Waals surface area contributed by atoms with Crippen LogP contribution in [0.2, 0.25) is 0 Å². The van der Waals surface area contributed by atoms with Crippen LogP contribution in [-0.4, -0.2) is 36.5 Å². The second-order valence-corrected chi connectivity index (χ2v) is 7.36. The highest BCUT2D eigenvalue weighted by Gasteiger charge is 2.26. The molecular formula is C21H23N3O6. The molecule has 9 heteroatoms. The largest absolute Gasteiger partial charge is 0.486 e. The lowest BCUT2D eigenvalue weighted by Gasteiger charge is -2.19. The highest BCUT2D eigenvalue weighted by Crippen LogP contribution is 2.37. The summed E-state index contributed by atoms with van der Waals surface area (Å²) in [5, 5.41) is 17.0. The molecule has 0 aromatic heterocycles. The lowest BCUT2D eigenvalue weighted by Crippen LogP contribution is -2.27. The molecule has 2 amide bonds. The molecule has 9 nitrogen and oxygen atoms in total. The maximum atomic E-state index is 12.8. The van der Waals surface area contributed by atoms with E-state index in [1.807, 2.05) is 13.8 Å². The Bertz CT molecular complexity index is 1000. The molecule has 0 saturated carbocycles. The molecule has 30 heavy (non-hydrogen) atoms. The van der Waals surface area contributed by atoms with Crippen molar-refractivity contribution in [2.75, 3.05) is 25.1 Å². The summed E-state index contributed by atoms with van der Waals surface area (Å²) in [6.07, 6.45) is 0. The lowest BCUT2D eigenvalue weighted by atomic mass is 10.1. The summed E-state index contributed by atoms with van der Waals surface area (Å²) in [5.74, 6) is -0.00957. The van der Waals surface area contributed by atoms with E-state index in [0.29, 0.717) is 35.9 Å². The van der Waals surface area contributed by atoms with Gasteiger partial charge < -0.3 is 20.1 Å². The van der Waals surface area contributed by atoms with E-state index < -0.39 is 10.8 Å². The van der Waals surface area contributed by atoms with Crippen molar-refractivity contribution in [1.29, 1.82) is 0 Å². The fourth-order valence-electron chi connectivity index (χ4n) is 2.94. The maximum absolute atomic E-state index is 12.8. The number of benzene rings is 2. The van der Waals surface area contributed by atoms with Crippen molar-refractivity contribution in [3.63, 3.8) is 0 Å². The Balaban J connectivity index is 1.82. The first kappa shape index (κ1) is 21.1. The first-order valence-corrected chi connectivity index (χ1v) is 9.54. The van der Waals surface area contributed by atoms with Gasteiger partial charge in [0.2, 0.25) is 0 Å². The molecule has 158 valence electrons. The highest BCUT2D eigenvalue weighted by molar-refractivity contribution is 6.08. The Kier molecular flexibility index (Phi) is 6.20. The molecule has 0 unspecified atom stereocenters. The monoisotopic (exact) mass is 413 g/mol. The van der Waals surface area contributed by atoms with Crippen LogP contribution in [0.3, 0.4) is 0 Å². The van der Waals surface area contributed by atoms with Gasteiger partial charge in [-0.3, -0.25) is 19.7 Å². The van der Waals surface area contributed by atoms with Crippen molar-refractivity contribution in [3.8, 4) is 11.5 Å². The number of amides is 2. The molecule has 1 aliphatic heterocycles. The number of carbonyl (C=O) groups excluding carboxylic acids is 2. The molecule has 0 fully saturated rings. The quantitative estimate of drug-likeness (QED) is 0.554. The van der Waals surface area contributed by atoms with Crippen LogP contribution in [0.25, 0.3) is 0 Å². The summed E-state index contributed by atoms with van der Waals surface area (Å²) in [7, 11) is 0. The zero-order valence-electron chi connectivity index (χ0n) is 17.0. The van der Waals surface area contributed by atoms with Crippen molar-refractivity contribution >= 4 is 23.2 Å². The van der Waals surface area contributed by atoms with Gasteiger partial charge >= 0.3 is 0 Å². The number of nitrogens with zero attached hydrogens (tertiary/aromatic N) is 1. The number of fused-ring (bicyclic) bond motifs is 1. The second kappa shape index (κ2) is 8.81. The number of nitro groups is 1. The lowest BCUT2D eigenvalue weighted by molar-refractivity contribution is -0.385. The molecule has 3 rings (SSSR count). The van der Waals surface area contributed by atoms with E-state index in [1.165, 1.54) is 12.1 Å². The van der Waals surface area contributed by atoms with E-state index in [4.69, 9.17) is 9.47 Å². The topological polar surface area (TPSA) is 120 Å². The van der Waals surface area contributed by atoms with Crippen molar-refractivity contribution in [2.24, 2.45) is 5.92 Å². The van der Waals surface area contributed by atoms with E-state index in [-0.39, 0.29) is 35.3 Å². The number of ether oxygens (including phenoxy) is 2. The smallest absolute Gasteiger partial charge is 0.286 e. The van der Waals surface area contributed by atoms with E-state index in [1.54, 1.807) is 25.1 Å². The SMILES string of the molecule is Cc1cc(C(=O)NCC(C)C)ccc1NC(=O)c1cc2c(cc1[N+](=O)[O-])OCCO2. The van der Waals surface area contributed by atoms with Gasteiger partial charge in [-0.25, -0.2) is 0 Å². The fourth-order valence-corrected chi connectivity index (χ4v) is 2.94. The molecule has 0 bridgehead atoms. The van der Waals surface area contributed by atoms with Crippen LogP contribution in [0.1, 0.15) is 40.1 Å². The molecule has 0 atom stereocenters. The van der Waals surface area contributed by atoms with Crippen molar-refractivity contribution in [1.82, 2.24) is 5.32 Å². The van der Waals surface area contributed by atoms with Gasteiger partial charge in [-0.1, -0.05) is 13.8 Å². The number of anilines is 1. The average Bonchev–Trinajstić information content (AvgIpc) is 2.72. The van der Waals surface area contributed by atoms with Crippen LogP contribution >= 0.6 is 0 Å². The number of hydrogen-bond acceptors (Lipinski definition) is 6. The van der Waals surface area contributed by atoms with Gasteiger partial charge in [0.25, 0.3) is 17.5 Å². The zero-order valence-corrected chi connectivity index (χ0v) is 17.0. The van der Waals surface area contributed by atoms with Gasteiger partial charge in [0.15, 0.2) is 11.5 Å². The summed E-state index contributed by atoms with van der Waals surface area (Å²) in [4.78, 5) is 35.8. The van der Waals surface area contributed by atoms with Crippen LogP contribution in [0.15, 0.2) is 30.3 Å². The van der Waals surface area contributed by atoms with Gasteiger partial charge in [0.05, 0.1) is 11.0 Å². The van der Waals surface area contributed by atoms with Crippen LogP contribution in [-0.2, 0) is 0 Å². The molecule has 2 aromatic rings. The highest BCUT2D eigenvalue weighted by atomic mass is 16.6. The normalized spacial score (nSPS) is 12.4. The number of nitro benzene ring substituents is 1. The number of hydrogen-bond donors (Lipinski definition) is 2. The fraction of sp³-hybridized carbons (Fsp3) is 0.333. The van der Waals surface area contributed by atoms with E-state index in [0.717, 1.165) is 0 Å². The Morgan fingerprint density at radius 1 is 1.10 bits per heavy atom. The van der Waals surface area contributed by atoms with Crippen molar-refractivity contribution in [2.45, 2.75) is 20.8 Å². The van der Waals surface area contributed by atoms with Gasteiger partial charge in [0, 0.05) is 23.9 Å². The predicted molar refractivity (Wildman–Crippen MR) is 110 cm³/mol. The minimum atomic E-state index is -0.654. The average molecular weight is 413 g/mol. The Morgan fingerprint density at radius 2 is 1.77 bits per heavy atom. The molecule has 0 radical (unpaired) electrons. The van der Waals surface area contributed by atoms with Crippen molar-refractivity contribution in [3.05, 3.63) is 57.1 Å². The Labute approximate surface area is 173 Å². The summed E-state index contributed by atoms with van der Waals surface area (Å²) in [6.45, 7) is 6.89. The molecule has 0 aliphatic carbocycles. The maximum Gasteiger partial charge on any atom is 0.286 e. The molecule has 0 spiro atoms. The summed E-state index contributed by atoms with van der Waals surface area (Å²) in [6, 6.07) is 7.35.